The highest BCUT2D eigenvalue weighted by Gasteiger charge is 2.51. The number of halogens is 12. The van der Waals surface area contributed by atoms with Gasteiger partial charge in [-0.2, -0.15) is 52.7 Å². The Morgan fingerprint density at radius 1 is 0.279 bits per heavy atom. The van der Waals surface area contributed by atoms with Crippen LogP contribution in [0.25, 0.3) is 0 Å². The zero-order chi connectivity index (χ0) is 106. The molecule has 0 bridgehead atoms. The summed E-state index contributed by atoms with van der Waals surface area (Å²) in [6.07, 6.45) is -18.2. The van der Waals surface area contributed by atoms with Crippen molar-refractivity contribution in [1.82, 2.24) is 58.8 Å². The Kier molecular flexibility index (Phi) is 37.9. The number of aliphatic carboxylic acids is 4. The molecule has 0 saturated carbocycles. The second-order valence-corrected chi connectivity index (χ2v) is 42.7. The summed E-state index contributed by atoms with van der Waals surface area (Å²) in [5, 5.41) is 36.5. The second-order valence-electron chi connectivity index (χ2n) is 42.7. The molecule has 0 aromatic heterocycles. The molecule has 147 heavy (non-hydrogen) atoms. The van der Waals surface area contributed by atoms with Gasteiger partial charge in [-0.15, -0.1) is 0 Å². The summed E-state index contributed by atoms with van der Waals surface area (Å²) < 4.78 is 171. The van der Waals surface area contributed by atoms with Crippen molar-refractivity contribution in [2.45, 2.75) is 213 Å². The molecule has 12 aliphatic rings. The van der Waals surface area contributed by atoms with Crippen LogP contribution in [0, 0.1) is 43.9 Å². The van der Waals surface area contributed by atoms with Crippen LogP contribution in [0.4, 0.5) is 94.6 Å². The molecule has 12 aliphatic heterocycles. The first-order chi connectivity index (χ1) is 69.3. The largest absolute Gasteiger partial charge is 0.480 e. The predicted octanol–water partition coefficient (Wildman–Crippen LogP) is 14.1. The number of carboxylic acids is 4. The third-order valence-corrected chi connectivity index (χ3v) is 31.9. The van der Waals surface area contributed by atoms with Gasteiger partial charge in [-0.3, -0.25) is 58.4 Å². The van der Waals surface area contributed by atoms with E-state index in [0.29, 0.717) is 131 Å². The molecule has 0 aliphatic carbocycles. The summed E-state index contributed by atoms with van der Waals surface area (Å²) in [7, 11) is 0. The number of carboxylic acid groups (broad SMARTS) is 4. The van der Waals surface area contributed by atoms with Crippen molar-refractivity contribution in [2.75, 3.05) is 249 Å². The topological polar surface area (TPSA) is 306 Å². The average molecular weight is 2090 g/mol. The number of piperazine rings is 4. The minimum absolute atomic E-state index is 0.0204. The van der Waals surface area contributed by atoms with E-state index in [0.717, 1.165) is 203 Å². The van der Waals surface area contributed by atoms with Crippen LogP contribution in [0.1, 0.15) is 149 Å². The van der Waals surface area contributed by atoms with Gasteiger partial charge in [-0.05, 0) is 244 Å². The molecule has 12 heterocycles. The van der Waals surface area contributed by atoms with E-state index < -0.39 is 97.4 Å². The standard InChI is InChI=1S/3C26H37F3N4O4.C25H35F3N4O4/c1-19-4-5-21(17-30-12-14-32(15-13-30)24(36)37-20(2)26(27,28)29)22(16-19)31-10-7-25(8-11-31)6-3-9-33(25)18-23(34)35;1-19-3-4-21(16-30-11-13-33(14-12-30)24(36)37-20(2)26(27,28)29)22(15-19)32-9-6-25(7-10-32)5-8-31(18-25)17-23(34)35;1-19-3-4-21(16-31-11-13-32(14-12-31)24(36)37-20(2)26(27,28)29)22(15-19)33-10-7-25(18-33)5-8-30(9-6-25)17-23(34)35;1-18-3-4-20(14-29-9-11-32(12-10-29)23(35)36-19(2)25(26,27)28)21(13-18)31-7-5-24(6-8-31)16-30(17-24)15-22(33)34/h4-5,16,20H,3,6-15,17-18H2,1-2H3,(H,34,35);2*3-4,15,20H,5-14,16-18H2,1-2H3,(H,34,35);3-4,13,19H,5-12,14-17H2,1-2H3,(H,33,34). The molecule has 4 aromatic carbocycles. The number of nitrogens with zero attached hydrogens (tertiary/aromatic N) is 16. The van der Waals surface area contributed by atoms with Gasteiger partial charge in [-0.25, -0.2) is 19.2 Å². The molecule has 32 nitrogen and oxygen atoms in total. The van der Waals surface area contributed by atoms with Crippen molar-refractivity contribution in [3.8, 4) is 0 Å². The van der Waals surface area contributed by atoms with E-state index in [-0.39, 0.29) is 48.0 Å². The third kappa shape index (κ3) is 31.3. The maximum absolute atomic E-state index is 12.7. The summed E-state index contributed by atoms with van der Waals surface area (Å²) in [6, 6.07) is 25.8. The molecular formula is C103H146F12N16O16. The zero-order valence-corrected chi connectivity index (χ0v) is 85.7. The number of hydrogen-bond donors (Lipinski definition) is 4. The Hall–Kier alpha value is -10.1. The summed E-state index contributed by atoms with van der Waals surface area (Å²) in [5.74, 6) is -3.09. The number of hydrogen-bond acceptors (Lipinski definition) is 24. The normalized spacial score (nSPS) is 21.9. The van der Waals surface area contributed by atoms with E-state index in [4.69, 9.17) is 15.3 Å². The molecule has 818 valence electrons. The number of ether oxygens (including phenoxy) is 4. The zero-order valence-electron chi connectivity index (χ0n) is 85.7. The number of piperidine rings is 4. The number of rotatable bonds is 24. The summed E-state index contributed by atoms with van der Waals surface area (Å²) in [5.41, 5.74) is 14.9. The molecule has 12 fully saturated rings. The maximum Gasteiger partial charge on any atom is 0.425 e. The van der Waals surface area contributed by atoms with E-state index >= 15 is 0 Å². The van der Waals surface area contributed by atoms with Gasteiger partial charge in [0.15, 0.2) is 24.4 Å². The van der Waals surface area contributed by atoms with Crippen LogP contribution in [0.3, 0.4) is 0 Å². The number of alkyl halides is 12. The van der Waals surface area contributed by atoms with Crippen LogP contribution in [0.15, 0.2) is 72.8 Å². The predicted molar refractivity (Wildman–Crippen MR) is 526 cm³/mol. The molecule has 4 aromatic rings. The van der Waals surface area contributed by atoms with E-state index in [1.807, 2.05) is 9.80 Å². The highest BCUT2D eigenvalue weighted by atomic mass is 19.4. The fraction of sp³-hybridized carbons (Fsp3) is 0.689. The third-order valence-electron chi connectivity index (χ3n) is 31.9. The maximum atomic E-state index is 12.7. The van der Waals surface area contributed by atoms with Gasteiger partial charge in [0.25, 0.3) is 0 Å². The van der Waals surface area contributed by atoms with Gasteiger partial charge in [-0.1, -0.05) is 48.5 Å². The fourth-order valence-corrected chi connectivity index (χ4v) is 22.7. The van der Waals surface area contributed by atoms with Gasteiger partial charge >= 0.3 is 73.0 Å². The molecule has 0 radical (unpaired) electrons. The number of carbonyl (C=O) groups excluding carboxylic acids is 4. The number of anilines is 4. The number of likely N-dealkylation sites (tertiary alicyclic amines) is 4. The Bertz CT molecular complexity index is 5110. The van der Waals surface area contributed by atoms with Crippen molar-refractivity contribution < 1.29 is 130 Å². The molecule has 4 amide bonds. The average Bonchev–Trinajstić information content (AvgIpc) is 1.65. The molecule has 44 heteroatoms. The van der Waals surface area contributed by atoms with Crippen LogP contribution >= 0.6 is 0 Å². The lowest BCUT2D eigenvalue weighted by molar-refractivity contribution is -0.200. The Morgan fingerprint density at radius 2 is 0.524 bits per heavy atom. The van der Waals surface area contributed by atoms with Crippen molar-refractivity contribution in [1.29, 1.82) is 0 Å². The molecule has 16 rings (SSSR count). The van der Waals surface area contributed by atoms with E-state index in [1.54, 1.807) is 0 Å². The SMILES string of the molecule is Cc1ccc(CN2CCN(C(=O)OC(C)C(F)(F)F)CC2)c(N2CCC3(CC2)CN(CC(=O)O)C3)c1.Cc1ccc(CN2CCN(C(=O)OC(C)C(F)(F)F)CC2)c(N2CCC3(CCCN3CC(=O)O)CC2)c1.Cc1ccc(CN2CCN(C(=O)OC(C)C(F)(F)F)CC2)c(N2CCC3(CCN(CC(=O)O)C3)CC2)c1.Cc1ccc(CN2CCN(C(=O)OC(C)C(F)(F)F)CC2)c(N2CCC3(CCN(CC(=O)O)CC3)C2)c1. The van der Waals surface area contributed by atoms with Crippen LogP contribution in [0.5, 0.6) is 0 Å². The Balaban J connectivity index is 0.000000164. The Morgan fingerprint density at radius 3 is 0.823 bits per heavy atom. The van der Waals surface area contributed by atoms with Crippen LogP contribution < -0.4 is 19.6 Å². The van der Waals surface area contributed by atoms with Gasteiger partial charge < -0.3 is 78.6 Å². The highest BCUT2D eigenvalue weighted by Crippen LogP contribution is 2.48. The summed E-state index contributed by atoms with van der Waals surface area (Å²) >= 11 is 0. The van der Waals surface area contributed by atoms with Crippen molar-refractivity contribution >= 4 is 71.0 Å². The van der Waals surface area contributed by atoms with Gasteiger partial charge in [0.2, 0.25) is 0 Å². The molecule has 4 unspecified atom stereocenters. The van der Waals surface area contributed by atoms with E-state index in [2.05, 4.69) is 168 Å². The van der Waals surface area contributed by atoms with Crippen LogP contribution in [-0.4, -0.2) is 411 Å². The summed E-state index contributed by atoms with van der Waals surface area (Å²) in [4.78, 5) is 125. The van der Waals surface area contributed by atoms with Gasteiger partial charge in [0, 0.05) is 231 Å². The fourth-order valence-electron chi connectivity index (χ4n) is 22.7. The van der Waals surface area contributed by atoms with Crippen molar-refractivity contribution in [2.24, 2.45) is 16.2 Å². The number of aryl methyl sites for hydroxylation is 4. The quantitative estimate of drug-likeness (QED) is 0.0374. The number of amides is 4. The minimum atomic E-state index is -4.57. The molecular weight excluding hydrogens is 1950 g/mol. The summed E-state index contributed by atoms with van der Waals surface area (Å²) in [6.45, 7) is 35.1. The second kappa shape index (κ2) is 48.9. The smallest absolute Gasteiger partial charge is 0.425 e. The monoisotopic (exact) mass is 2090 g/mol. The van der Waals surface area contributed by atoms with E-state index in [1.165, 1.54) is 86.9 Å². The van der Waals surface area contributed by atoms with Crippen LogP contribution in [-0.2, 0) is 64.3 Å². The first-order valence-electron chi connectivity index (χ1n) is 51.4. The molecule has 12 saturated heterocycles. The van der Waals surface area contributed by atoms with Crippen molar-refractivity contribution in [3.05, 3.63) is 117 Å². The lowest BCUT2D eigenvalue weighted by atomic mass is 9.72. The highest BCUT2D eigenvalue weighted by molar-refractivity contribution is 5.72. The van der Waals surface area contributed by atoms with E-state index in [9.17, 15) is 96.1 Å². The van der Waals surface area contributed by atoms with Gasteiger partial charge in [0.1, 0.15) is 0 Å². The Labute approximate surface area is 851 Å². The van der Waals surface area contributed by atoms with Crippen molar-refractivity contribution in [3.63, 3.8) is 0 Å². The molecule has 4 atom stereocenters. The number of benzene rings is 4. The number of carbonyl (C=O) groups is 8. The first-order valence-corrected chi connectivity index (χ1v) is 51.4. The lowest BCUT2D eigenvalue weighted by Gasteiger charge is -2.54. The lowest BCUT2D eigenvalue weighted by Crippen LogP contribution is -2.61. The first kappa shape index (κ1) is 114. The minimum Gasteiger partial charge on any atom is -0.480 e. The van der Waals surface area contributed by atoms with Gasteiger partial charge in [0.05, 0.1) is 26.2 Å². The molecule has 4 spiro atoms. The van der Waals surface area contributed by atoms with Crippen LogP contribution in [0.2, 0.25) is 0 Å². The molecule has 4 N–H and O–H groups in total.